The smallest absolute Gasteiger partial charge is 0.220 e. The van der Waals surface area contributed by atoms with E-state index in [2.05, 4.69) is 55.6 Å². The molecule has 2 aliphatic heterocycles. The number of aliphatic hydroxyl groups excluding tert-OH is 8. The van der Waals surface area contributed by atoms with Crippen LogP contribution in [0.25, 0.3) is 0 Å². The van der Waals surface area contributed by atoms with E-state index in [9.17, 15) is 45.6 Å². The highest BCUT2D eigenvalue weighted by Gasteiger charge is 2.51. The maximum absolute atomic E-state index is 13.2. The quantitative estimate of drug-likeness (QED) is 0.0218. The van der Waals surface area contributed by atoms with Gasteiger partial charge in [0.25, 0.3) is 0 Å². The van der Waals surface area contributed by atoms with Crippen LogP contribution in [0.1, 0.15) is 187 Å². The number of ether oxygens (including phenoxy) is 4. The van der Waals surface area contributed by atoms with Gasteiger partial charge in [-0.05, 0) is 57.8 Å². The number of unbranched alkanes of at least 4 members (excludes halogenated alkanes) is 21. The maximum atomic E-state index is 13.2. The number of aliphatic hydroxyl groups is 8. The summed E-state index contributed by atoms with van der Waals surface area (Å²) >= 11 is 0. The molecule has 0 radical (unpaired) electrons. The number of amides is 1. The topological polar surface area (TPSA) is 228 Å². The fraction of sp³-hybridized carbons (Fsp3) is 0.830. The minimum atomic E-state index is -1.79. The van der Waals surface area contributed by atoms with Gasteiger partial charge in [-0.2, -0.15) is 0 Å². The zero-order valence-electron chi connectivity index (χ0n) is 41.4. The summed E-state index contributed by atoms with van der Waals surface area (Å²) in [7, 11) is 0. The Morgan fingerprint density at radius 2 is 1.01 bits per heavy atom. The molecule has 14 heteroatoms. The largest absolute Gasteiger partial charge is 0.394 e. The normalized spacial score (nSPS) is 27.0. The molecule has 1 amide bonds. The maximum Gasteiger partial charge on any atom is 0.220 e. The lowest BCUT2D eigenvalue weighted by molar-refractivity contribution is -0.359. The van der Waals surface area contributed by atoms with Gasteiger partial charge in [0.05, 0.1) is 32.0 Å². The minimum Gasteiger partial charge on any atom is -0.394 e. The third-order valence-corrected chi connectivity index (χ3v) is 12.7. The van der Waals surface area contributed by atoms with Crippen molar-refractivity contribution in [1.29, 1.82) is 0 Å². The van der Waals surface area contributed by atoms with Crippen LogP contribution in [0.4, 0.5) is 0 Å². The van der Waals surface area contributed by atoms with Crippen molar-refractivity contribution >= 4 is 5.91 Å². The summed E-state index contributed by atoms with van der Waals surface area (Å²) in [5.74, 6) is -0.265. The second kappa shape index (κ2) is 39.6. The molecule has 2 rings (SSSR count). The van der Waals surface area contributed by atoms with Gasteiger partial charge in [0.2, 0.25) is 5.91 Å². The molecule has 0 saturated carbocycles. The number of carbonyl (C=O) groups excluding carboxylic acids is 1. The molecule has 12 atom stereocenters. The van der Waals surface area contributed by atoms with E-state index in [0.29, 0.717) is 12.8 Å². The zero-order valence-corrected chi connectivity index (χ0v) is 41.4. The second-order valence-corrected chi connectivity index (χ2v) is 18.6. The number of allylic oxidation sites excluding steroid dienone is 7. The molecule has 12 unspecified atom stereocenters. The van der Waals surface area contributed by atoms with Crippen LogP contribution < -0.4 is 5.32 Å². The third-order valence-electron chi connectivity index (χ3n) is 12.7. The molecule has 2 heterocycles. The molecular formula is C53H95NO13. The van der Waals surface area contributed by atoms with E-state index in [0.717, 1.165) is 57.8 Å². The minimum absolute atomic E-state index is 0.256. The molecular weight excluding hydrogens is 859 g/mol. The van der Waals surface area contributed by atoms with Crippen molar-refractivity contribution in [3.63, 3.8) is 0 Å². The van der Waals surface area contributed by atoms with E-state index in [1.165, 1.54) is 96.3 Å². The fourth-order valence-electron chi connectivity index (χ4n) is 8.38. The number of nitrogens with one attached hydrogen (secondary N) is 1. The van der Waals surface area contributed by atoms with Crippen LogP contribution in [0.5, 0.6) is 0 Å². The first kappa shape index (κ1) is 61.1. The average molecular weight is 954 g/mol. The van der Waals surface area contributed by atoms with Crippen molar-refractivity contribution in [3.8, 4) is 0 Å². The second-order valence-electron chi connectivity index (χ2n) is 18.6. The fourth-order valence-corrected chi connectivity index (χ4v) is 8.38. The molecule has 9 N–H and O–H groups in total. The Kier molecular flexibility index (Phi) is 36.1. The van der Waals surface area contributed by atoms with Crippen LogP contribution >= 0.6 is 0 Å². The molecule has 2 fully saturated rings. The average Bonchev–Trinajstić information content (AvgIpc) is 3.32. The molecule has 0 aromatic carbocycles. The molecule has 0 aromatic heterocycles. The molecule has 67 heavy (non-hydrogen) atoms. The standard InChI is InChI=1S/C53H95NO13/c1-3-5-7-9-11-13-15-17-19-20-21-22-23-24-26-28-30-32-34-36-42(57)41(54-45(58)37-35-33-31-29-27-25-18-16-14-12-10-8-6-4-2)40-64-52-50(63)48(61)51(44(39-56)66-52)67-53-49(62)47(60)46(59)43(38-55)65-53/h10,12,16,18,26,28,34,36,41-44,46-53,55-57,59-63H,3-9,11,13-15,17,19-25,27,29-33,35,37-40H2,1-2H3,(H,54,58)/b12-10-,18-16-,28-26+,36-34+. The van der Waals surface area contributed by atoms with Gasteiger partial charge in [0.1, 0.15) is 48.8 Å². The van der Waals surface area contributed by atoms with Crippen LogP contribution in [0.2, 0.25) is 0 Å². The summed E-state index contributed by atoms with van der Waals surface area (Å²) in [5.41, 5.74) is 0. The molecule has 0 aromatic rings. The monoisotopic (exact) mass is 954 g/mol. The van der Waals surface area contributed by atoms with Crippen LogP contribution in [0.15, 0.2) is 48.6 Å². The molecule has 0 aliphatic carbocycles. The van der Waals surface area contributed by atoms with Gasteiger partial charge in [-0.25, -0.2) is 0 Å². The first-order valence-corrected chi connectivity index (χ1v) is 26.4. The van der Waals surface area contributed by atoms with E-state index >= 15 is 0 Å². The summed E-state index contributed by atoms with van der Waals surface area (Å²) in [6.45, 7) is 2.71. The molecule has 390 valence electrons. The van der Waals surface area contributed by atoms with Gasteiger partial charge in [-0.3, -0.25) is 4.79 Å². The highest BCUT2D eigenvalue weighted by molar-refractivity contribution is 5.76. The van der Waals surface area contributed by atoms with Gasteiger partial charge >= 0.3 is 0 Å². The molecule has 0 spiro atoms. The molecule has 14 nitrogen and oxygen atoms in total. The van der Waals surface area contributed by atoms with Crippen molar-refractivity contribution < 1.29 is 64.6 Å². The SMILES string of the molecule is CCCC/C=C\C/C=C\CCCCCCCC(=O)NC(COC1OC(CO)C(OC2OC(CO)C(O)C(O)C2O)C(O)C1O)C(O)/C=C/CC/C=C/CCCCCCCCCCCCCCC. The summed E-state index contributed by atoms with van der Waals surface area (Å²) in [4.78, 5) is 13.2. The summed E-state index contributed by atoms with van der Waals surface area (Å²) in [6.07, 6.45) is 30.1. The van der Waals surface area contributed by atoms with Gasteiger partial charge in [0, 0.05) is 6.42 Å². The Labute approximate surface area is 403 Å². The Morgan fingerprint density at radius 1 is 0.537 bits per heavy atom. The van der Waals surface area contributed by atoms with E-state index < -0.39 is 86.8 Å². The Balaban J connectivity index is 1.86. The number of hydrogen-bond donors (Lipinski definition) is 9. The van der Waals surface area contributed by atoms with Gasteiger partial charge in [0.15, 0.2) is 12.6 Å². The van der Waals surface area contributed by atoms with E-state index in [1.807, 2.05) is 6.08 Å². The van der Waals surface area contributed by atoms with Crippen LogP contribution in [0.3, 0.4) is 0 Å². The predicted octanol–water partition coefficient (Wildman–Crippen LogP) is 7.27. The van der Waals surface area contributed by atoms with Gasteiger partial charge in [-0.1, -0.05) is 172 Å². The molecule has 2 aliphatic rings. The number of rotatable bonds is 40. The summed E-state index contributed by atoms with van der Waals surface area (Å²) in [6, 6.07) is -0.938. The van der Waals surface area contributed by atoms with Gasteiger partial charge in [-0.15, -0.1) is 0 Å². The summed E-state index contributed by atoms with van der Waals surface area (Å²) < 4.78 is 22.7. The van der Waals surface area contributed by atoms with Crippen molar-refractivity contribution in [2.75, 3.05) is 19.8 Å². The first-order chi connectivity index (χ1) is 32.6. The number of hydrogen-bond acceptors (Lipinski definition) is 13. The highest BCUT2D eigenvalue weighted by Crippen LogP contribution is 2.30. The van der Waals surface area contributed by atoms with E-state index in [1.54, 1.807) is 6.08 Å². The van der Waals surface area contributed by atoms with Crippen LogP contribution in [-0.2, 0) is 23.7 Å². The van der Waals surface area contributed by atoms with Crippen molar-refractivity contribution in [1.82, 2.24) is 5.32 Å². The van der Waals surface area contributed by atoms with Crippen LogP contribution in [-0.4, -0.2) is 140 Å². The Hall–Kier alpha value is -2.05. The van der Waals surface area contributed by atoms with E-state index in [-0.39, 0.29) is 18.9 Å². The lowest BCUT2D eigenvalue weighted by Crippen LogP contribution is -2.65. The lowest BCUT2D eigenvalue weighted by atomic mass is 9.97. The van der Waals surface area contributed by atoms with Crippen molar-refractivity contribution in [2.45, 2.75) is 261 Å². The van der Waals surface area contributed by atoms with E-state index in [4.69, 9.17) is 18.9 Å². The molecule has 0 bridgehead atoms. The lowest BCUT2D eigenvalue weighted by Gasteiger charge is -2.46. The van der Waals surface area contributed by atoms with Crippen molar-refractivity contribution in [3.05, 3.63) is 48.6 Å². The number of carbonyl (C=O) groups is 1. The highest BCUT2D eigenvalue weighted by atomic mass is 16.7. The van der Waals surface area contributed by atoms with Gasteiger partial charge < -0.3 is 65.1 Å². The first-order valence-electron chi connectivity index (χ1n) is 26.4. The third kappa shape index (κ3) is 26.7. The van der Waals surface area contributed by atoms with Crippen LogP contribution in [0, 0.1) is 0 Å². The van der Waals surface area contributed by atoms with Crippen molar-refractivity contribution in [2.24, 2.45) is 0 Å². The molecule has 2 saturated heterocycles. The zero-order chi connectivity index (χ0) is 48.9. The summed E-state index contributed by atoms with van der Waals surface area (Å²) in [5, 5.41) is 86.8. The predicted molar refractivity (Wildman–Crippen MR) is 263 cm³/mol. The Morgan fingerprint density at radius 3 is 1.60 bits per heavy atom. The Bertz CT molecular complexity index is 1310.